The highest BCUT2D eigenvalue weighted by Crippen LogP contribution is 2.50. The van der Waals surface area contributed by atoms with Crippen molar-refractivity contribution in [3.8, 4) is 5.75 Å². The van der Waals surface area contributed by atoms with Crippen molar-refractivity contribution in [2.45, 2.75) is 84.5 Å². The maximum absolute atomic E-state index is 11.2. The van der Waals surface area contributed by atoms with Gasteiger partial charge in [-0.15, -0.1) is 0 Å². The molecule has 0 spiro atoms. The van der Waals surface area contributed by atoms with Crippen LogP contribution in [-0.2, 0) is 22.4 Å². The highest BCUT2D eigenvalue weighted by Gasteiger charge is 2.49. The minimum Gasteiger partial charge on any atom is -0.508 e. The van der Waals surface area contributed by atoms with E-state index in [4.69, 9.17) is 5.11 Å². The lowest BCUT2D eigenvalue weighted by molar-refractivity contribution is -0.147. The van der Waals surface area contributed by atoms with E-state index in [1.807, 2.05) is 6.07 Å². The molecule has 5 heteroatoms. The molecule has 0 unspecified atom stereocenters. The van der Waals surface area contributed by atoms with E-state index in [1.54, 1.807) is 19.9 Å². The maximum atomic E-state index is 11.2. The van der Waals surface area contributed by atoms with Crippen LogP contribution in [-0.4, -0.2) is 27.3 Å². The summed E-state index contributed by atoms with van der Waals surface area (Å²) in [5.74, 6) is -1.10. The van der Waals surface area contributed by atoms with Crippen molar-refractivity contribution in [3.63, 3.8) is 0 Å². The number of carboxylic acid groups (broad SMARTS) is 2. The summed E-state index contributed by atoms with van der Waals surface area (Å²) in [7, 11) is 0. The lowest BCUT2D eigenvalue weighted by Gasteiger charge is -2.18. The van der Waals surface area contributed by atoms with Crippen molar-refractivity contribution in [2.75, 3.05) is 0 Å². The predicted octanol–water partition coefficient (Wildman–Crippen LogP) is 5.18. The van der Waals surface area contributed by atoms with Crippen molar-refractivity contribution in [1.29, 1.82) is 0 Å². The van der Waals surface area contributed by atoms with Crippen LogP contribution in [0.25, 0.3) is 0 Å². The lowest BCUT2D eigenvalue weighted by Crippen LogP contribution is -2.23. The molecule has 2 rings (SSSR count). The molecule has 5 nitrogen and oxygen atoms in total. The van der Waals surface area contributed by atoms with Gasteiger partial charge in [0, 0.05) is 0 Å². The number of carboxylic acids is 2. The van der Waals surface area contributed by atoms with Gasteiger partial charge in [-0.1, -0.05) is 31.4 Å². The molecular weight excluding hydrogens is 356 g/mol. The second kappa shape index (κ2) is 9.44. The Morgan fingerprint density at radius 3 is 2.29 bits per heavy atom. The number of hydrogen-bond donors (Lipinski definition) is 3. The number of carbonyl (C=O) groups is 2. The fourth-order valence-electron chi connectivity index (χ4n) is 3.67. The van der Waals surface area contributed by atoms with Crippen LogP contribution in [0.5, 0.6) is 5.75 Å². The first kappa shape index (κ1) is 22.3. The standard InChI is InChI=1S/C23H34O5/c1-22(2,20(25)26)12-6-3-4-8-17-10-11-19(24)18(16-17)9-5-7-13-23(14-15-23)21(27)28/h10-11,16,24H,3-9,12-15H2,1-2H3,(H,25,26)(H,27,28). The number of phenols is 1. The van der Waals surface area contributed by atoms with Gasteiger partial charge in [-0.3, -0.25) is 9.59 Å². The van der Waals surface area contributed by atoms with Crippen molar-refractivity contribution < 1.29 is 24.9 Å². The van der Waals surface area contributed by atoms with Gasteiger partial charge >= 0.3 is 11.9 Å². The molecule has 156 valence electrons. The van der Waals surface area contributed by atoms with E-state index in [2.05, 4.69) is 6.07 Å². The number of aryl methyl sites for hydroxylation is 2. The predicted molar refractivity (Wildman–Crippen MR) is 109 cm³/mol. The minimum absolute atomic E-state index is 0.311. The summed E-state index contributed by atoms with van der Waals surface area (Å²) in [4.78, 5) is 22.3. The molecule has 1 aromatic rings. The number of benzene rings is 1. The molecular formula is C23H34O5. The number of phenolic OH excluding ortho intramolecular Hbond substituents is 1. The number of aliphatic carboxylic acids is 2. The van der Waals surface area contributed by atoms with Crippen LogP contribution < -0.4 is 0 Å². The molecule has 0 aliphatic heterocycles. The zero-order valence-electron chi connectivity index (χ0n) is 17.2. The summed E-state index contributed by atoms with van der Waals surface area (Å²) in [6.07, 6.45) is 9.34. The topological polar surface area (TPSA) is 94.8 Å². The SMILES string of the molecule is CC(C)(CCCCCc1ccc(O)c(CCCCC2(C(=O)O)CC2)c1)C(=O)O. The van der Waals surface area contributed by atoms with Gasteiger partial charge in [0.2, 0.25) is 0 Å². The molecule has 1 aliphatic rings. The van der Waals surface area contributed by atoms with Crippen molar-refractivity contribution in [2.24, 2.45) is 10.8 Å². The molecule has 0 radical (unpaired) electrons. The Balaban J connectivity index is 1.72. The molecule has 0 aromatic heterocycles. The normalized spacial score (nSPS) is 15.4. The average Bonchev–Trinajstić information content (AvgIpc) is 3.41. The molecule has 1 aliphatic carbocycles. The third kappa shape index (κ3) is 6.25. The number of unbranched alkanes of at least 4 members (excludes halogenated alkanes) is 3. The summed E-state index contributed by atoms with van der Waals surface area (Å²) in [6, 6.07) is 5.75. The van der Waals surface area contributed by atoms with E-state index < -0.39 is 22.8 Å². The van der Waals surface area contributed by atoms with Gasteiger partial charge in [-0.25, -0.2) is 0 Å². The second-order valence-corrected chi connectivity index (χ2v) is 9.01. The van der Waals surface area contributed by atoms with Gasteiger partial charge in [0.1, 0.15) is 5.75 Å². The zero-order valence-corrected chi connectivity index (χ0v) is 17.2. The Hall–Kier alpha value is -2.04. The monoisotopic (exact) mass is 390 g/mol. The summed E-state index contributed by atoms with van der Waals surface area (Å²) in [6.45, 7) is 3.53. The van der Waals surface area contributed by atoms with Crippen LogP contribution in [0.2, 0.25) is 0 Å². The number of aromatic hydroxyl groups is 1. The molecule has 0 amide bonds. The second-order valence-electron chi connectivity index (χ2n) is 9.01. The summed E-state index contributed by atoms with van der Waals surface area (Å²) in [5.41, 5.74) is 1.00. The summed E-state index contributed by atoms with van der Waals surface area (Å²) >= 11 is 0. The molecule has 0 atom stereocenters. The van der Waals surface area contributed by atoms with Crippen molar-refractivity contribution in [3.05, 3.63) is 29.3 Å². The Morgan fingerprint density at radius 2 is 1.68 bits per heavy atom. The fourth-order valence-corrected chi connectivity index (χ4v) is 3.67. The first-order valence-corrected chi connectivity index (χ1v) is 10.4. The number of hydrogen-bond acceptors (Lipinski definition) is 3. The Bertz CT molecular complexity index is 688. The largest absolute Gasteiger partial charge is 0.508 e. The molecule has 1 saturated carbocycles. The van der Waals surface area contributed by atoms with Gasteiger partial charge in [-0.05, 0) is 82.4 Å². The van der Waals surface area contributed by atoms with Crippen LogP contribution in [0, 0.1) is 10.8 Å². The molecule has 1 fully saturated rings. The smallest absolute Gasteiger partial charge is 0.309 e. The number of rotatable bonds is 13. The van der Waals surface area contributed by atoms with E-state index in [0.29, 0.717) is 12.2 Å². The molecule has 1 aromatic carbocycles. The van der Waals surface area contributed by atoms with E-state index in [1.165, 1.54) is 5.56 Å². The van der Waals surface area contributed by atoms with Crippen molar-refractivity contribution in [1.82, 2.24) is 0 Å². The Morgan fingerprint density at radius 1 is 1.00 bits per heavy atom. The van der Waals surface area contributed by atoms with E-state index in [-0.39, 0.29) is 0 Å². The molecule has 3 N–H and O–H groups in total. The third-order valence-corrected chi connectivity index (χ3v) is 6.15. The molecule has 0 heterocycles. The summed E-state index contributed by atoms with van der Waals surface area (Å²) < 4.78 is 0. The van der Waals surface area contributed by atoms with Gasteiger partial charge < -0.3 is 15.3 Å². The van der Waals surface area contributed by atoms with Crippen LogP contribution in [0.15, 0.2) is 18.2 Å². The van der Waals surface area contributed by atoms with Crippen LogP contribution >= 0.6 is 0 Å². The van der Waals surface area contributed by atoms with Gasteiger partial charge in [0.05, 0.1) is 10.8 Å². The van der Waals surface area contributed by atoms with E-state index in [0.717, 1.165) is 69.8 Å². The van der Waals surface area contributed by atoms with Crippen LogP contribution in [0.1, 0.15) is 82.8 Å². The zero-order chi connectivity index (χ0) is 20.8. The van der Waals surface area contributed by atoms with E-state index >= 15 is 0 Å². The maximum Gasteiger partial charge on any atom is 0.309 e. The highest BCUT2D eigenvalue weighted by atomic mass is 16.4. The third-order valence-electron chi connectivity index (χ3n) is 6.15. The van der Waals surface area contributed by atoms with Crippen molar-refractivity contribution >= 4 is 11.9 Å². The first-order valence-electron chi connectivity index (χ1n) is 10.4. The molecule has 0 bridgehead atoms. The fraction of sp³-hybridized carbons (Fsp3) is 0.652. The van der Waals surface area contributed by atoms with Gasteiger partial charge in [0.15, 0.2) is 0 Å². The quantitative estimate of drug-likeness (QED) is 0.403. The van der Waals surface area contributed by atoms with Gasteiger partial charge in [-0.2, -0.15) is 0 Å². The molecule has 0 saturated heterocycles. The average molecular weight is 391 g/mol. The Kier molecular flexibility index (Phi) is 7.50. The summed E-state index contributed by atoms with van der Waals surface area (Å²) in [5, 5.41) is 28.5. The van der Waals surface area contributed by atoms with E-state index in [9.17, 15) is 19.8 Å². The highest BCUT2D eigenvalue weighted by molar-refractivity contribution is 5.77. The van der Waals surface area contributed by atoms with Gasteiger partial charge in [0.25, 0.3) is 0 Å². The molecule has 28 heavy (non-hydrogen) atoms. The van der Waals surface area contributed by atoms with Crippen LogP contribution in [0.3, 0.4) is 0 Å². The first-order chi connectivity index (χ1) is 13.2. The Labute approximate surface area is 167 Å². The van der Waals surface area contributed by atoms with Crippen LogP contribution in [0.4, 0.5) is 0 Å². The minimum atomic E-state index is -0.744. The lowest BCUT2D eigenvalue weighted by atomic mass is 9.87.